The lowest BCUT2D eigenvalue weighted by molar-refractivity contribution is -0.123. The van der Waals surface area contributed by atoms with Gasteiger partial charge in [-0.2, -0.15) is 0 Å². The zero-order chi connectivity index (χ0) is 21.1. The van der Waals surface area contributed by atoms with Crippen molar-refractivity contribution in [2.75, 3.05) is 11.9 Å². The third-order valence-corrected chi connectivity index (χ3v) is 5.42. The van der Waals surface area contributed by atoms with E-state index in [2.05, 4.69) is 10.3 Å². The normalized spacial score (nSPS) is 18.8. The molecule has 2 N–H and O–H groups in total. The number of para-hydroxylation sites is 1. The Morgan fingerprint density at radius 3 is 2.80 bits per heavy atom. The Balaban J connectivity index is 1.50. The molecule has 2 atom stereocenters. The summed E-state index contributed by atoms with van der Waals surface area (Å²) in [6.07, 6.45) is 2.97. The minimum absolute atomic E-state index is 0.239. The highest BCUT2D eigenvalue weighted by Crippen LogP contribution is 2.27. The fraction of sp³-hybridized carbons (Fsp3) is 0.261. The van der Waals surface area contributed by atoms with Crippen LogP contribution in [-0.4, -0.2) is 45.7 Å². The predicted molar refractivity (Wildman–Crippen MR) is 114 cm³/mol. The number of aromatic nitrogens is 1. The third-order valence-electron chi connectivity index (χ3n) is 5.42. The van der Waals surface area contributed by atoms with Crippen molar-refractivity contribution in [1.82, 2.24) is 9.88 Å². The number of benzene rings is 2. The molecule has 1 saturated heterocycles. The van der Waals surface area contributed by atoms with Gasteiger partial charge in [-0.15, -0.1) is 0 Å². The average molecular weight is 405 g/mol. The van der Waals surface area contributed by atoms with E-state index in [1.54, 1.807) is 18.5 Å². The van der Waals surface area contributed by atoms with E-state index < -0.39 is 12.1 Å². The van der Waals surface area contributed by atoms with Gasteiger partial charge in [-0.3, -0.25) is 14.7 Å². The number of nitrogens with zero attached hydrogens (tertiary/aromatic N) is 2. The van der Waals surface area contributed by atoms with E-state index in [4.69, 9.17) is 4.74 Å². The molecule has 1 fully saturated rings. The molecular formula is C23H23N3O4. The Labute approximate surface area is 174 Å². The van der Waals surface area contributed by atoms with Gasteiger partial charge in [0.25, 0.3) is 0 Å². The minimum Gasteiger partial charge on any atom is -0.490 e. The van der Waals surface area contributed by atoms with Gasteiger partial charge in [0, 0.05) is 42.9 Å². The first kappa shape index (κ1) is 19.7. The van der Waals surface area contributed by atoms with Gasteiger partial charge in [-0.05, 0) is 48.2 Å². The number of hydrogen-bond donors (Lipinski definition) is 2. The fourth-order valence-electron chi connectivity index (χ4n) is 3.77. The highest BCUT2D eigenvalue weighted by Gasteiger charge is 2.37. The molecule has 2 aromatic carbocycles. The fourth-order valence-corrected chi connectivity index (χ4v) is 3.77. The van der Waals surface area contributed by atoms with Gasteiger partial charge in [0.1, 0.15) is 17.9 Å². The summed E-state index contributed by atoms with van der Waals surface area (Å²) in [4.78, 5) is 29.9. The van der Waals surface area contributed by atoms with Gasteiger partial charge in [-0.1, -0.05) is 18.2 Å². The summed E-state index contributed by atoms with van der Waals surface area (Å²) in [5, 5.41) is 14.5. The van der Waals surface area contributed by atoms with E-state index in [1.165, 1.54) is 4.90 Å². The number of nitrogens with one attached hydrogen (secondary N) is 1. The Bertz CT molecular complexity index is 1080. The molecule has 7 nitrogen and oxygen atoms in total. The maximum absolute atomic E-state index is 12.9. The second kappa shape index (κ2) is 8.41. The minimum atomic E-state index is -1.10. The van der Waals surface area contributed by atoms with Crippen LogP contribution in [-0.2, 0) is 4.79 Å². The number of carbonyl (C=O) groups excluding carboxylic acids is 1. The van der Waals surface area contributed by atoms with E-state index in [1.807, 2.05) is 49.4 Å². The molecule has 3 aromatic rings. The van der Waals surface area contributed by atoms with Gasteiger partial charge in [0.2, 0.25) is 5.91 Å². The molecule has 0 spiro atoms. The van der Waals surface area contributed by atoms with Gasteiger partial charge < -0.3 is 15.2 Å². The second-order valence-corrected chi connectivity index (χ2v) is 7.44. The molecule has 4 rings (SSSR count). The van der Waals surface area contributed by atoms with E-state index in [0.717, 1.165) is 16.3 Å². The summed E-state index contributed by atoms with van der Waals surface area (Å²) in [5.74, 6) is 0.352. The lowest BCUT2D eigenvalue weighted by Gasteiger charge is -2.36. The number of fused-ring (bicyclic) bond motifs is 1. The van der Waals surface area contributed by atoms with Crippen molar-refractivity contribution < 1.29 is 19.4 Å². The molecule has 0 bridgehead atoms. The van der Waals surface area contributed by atoms with Crippen LogP contribution in [0.3, 0.4) is 0 Å². The highest BCUT2D eigenvalue weighted by molar-refractivity contribution is 5.97. The number of amides is 2. The molecule has 1 aromatic heterocycles. The molecule has 1 aliphatic rings. The van der Waals surface area contributed by atoms with Gasteiger partial charge in [0.15, 0.2) is 0 Å². The maximum Gasteiger partial charge on any atom is 0.407 e. The Morgan fingerprint density at radius 2 is 2.00 bits per heavy atom. The number of carboxylic acid groups (broad SMARTS) is 1. The summed E-state index contributed by atoms with van der Waals surface area (Å²) < 4.78 is 6.13. The van der Waals surface area contributed by atoms with Gasteiger partial charge in [-0.25, -0.2) is 4.79 Å². The van der Waals surface area contributed by atoms with Crippen LogP contribution in [0.5, 0.6) is 5.75 Å². The van der Waals surface area contributed by atoms with E-state index >= 15 is 0 Å². The average Bonchev–Trinajstić information content (AvgIpc) is 2.75. The molecule has 2 heterocycles. The van der Waals surface area contributed by atoms with E-state index in [9.17, 15) is 14.7 Å². The van der Waals surface area contributed by atoms with Gasteiger partial charge in [0.05, 0.1) is 0 Å². The summed E-state index contributed by atoms with van der Waals surface area (Å²) in [6, 6.07) is 14.3. The van der Waals surface area contributed by atoms with Crippen LogP contribution < -0.4 is 10.1 Å². The zero-order valence-electron chi connectivity index (χ0n) is 16.6. The number of carbonyl (C=O) groups is 2. The zero-order valence-corrected chi connectivity index (χ0v) is 16.6. The van der Waals surface area contributed by atoms with Crippen LogP contribution in [0.15, 0.2) is 60.9 Å². The molecule has 0 unspecified atom stereocenters. The molecular weight excluding hydrogens is 382 g/mol. The van der Waals surface area contributed by atoms with Crippen LogP contribution in [0.1, 0.15) is 18.4 Å². The van der Waals surface area contributed by atoms with Crippen molar-refractivity contribution in [3.05, 3.63) is 66.5 Å². The second-order valence-electron chi connectivity index (χ2n) is 7.44. The van der Waals surface area contributed by atoms with Crippen LogP contribution in [0.2, 0.25) is 0 Å². The number of ether oxygens (including phenoxy) is 1. The van der Waals surface area contributed by atoms with Crippen molar-refractivity contribution in [2.24, 2.45) is 0 Å². The third kappa shape index (κ3) is 4.20. The largest absolute Gasteiger partial charge is 0.490 e. The number of pyridine rings is 1. The first-order valence-corrected chi connectivity index (χ1v) is 9.88. The monoisotopic (exact) mass is 405 g/mol. The Morgan fingerprint density at radius 1 is 1.17 bits per heavy atom. The summed E-state index contributed by atoms with van der Waals surface area (Å²) in [6.45, 7) is 2.13. The smallest absolute Gasteiger partial charge is 0.407 e. The number of hydrogen-bond acceptors (Lipinski definition) is 4. The Hall–Kier alpha value is -3.61. The summed E-state index contributed by atoms with van der Waals surface area (Å²) in [7, 11) is 0. The maximum atomic E-state index is 12.9. The van der Waals surface area contributed by atoms with Gasteiger partial charge >= 0.3 is 6.09 Å². The molecule has 30 heavy (non-hydrogen) atoms. The quantitative estimate of drug-likeness (QED) is 0.683. The number of likely N-dealkylation sites (tertiary alicyclic amines) is 1. The molecule has 0 aliphatic carbocycles. The number of rotatable bonds is 4. The summed E-state index contributed by atoms with van der Waals surface area (Å²) >= 11 is 0. The van der Waals surface area contributed by atoms with Crippen molar-refractivity contribution in [3.63, 3.8) is 0 Å². The van der Waals surface area contributed by atoms with E-state index in [0.29, 0.717) is 24.3 Å². The molecule has 2 amide bonds. The number of aryl methyl sites for hydroxylation is 1. The standard InChI is InChI=1S/C23H23N3O4/c1-15-4-2-3-5-20(15)25-22(27)21-13-19(9-11-26(21)23(28)29)30-18-7-6-17-14-24-10-8-16(17)12-18/h2-8,10,12,14,19,21H,9,11,13H2,1H3,(H,25,27)(H,28,29)/t19-,21-/m1/s1. The highest BCUT2D eigenvalue weighted by atomic mass is 16.5. The lowest BCUT2D eigenvalue weighted by Crippen LogP contribution is -2.53. The summed E-state index contributed by atoms with van der Waals surface area (Å²) in [5.41, 5.74) is 1.60. The lowest BCUT2D eigenvalue weighted by atomic mass is 9.98. The molecule has 154 valence electrons. The SMILES string of the molecule is Cc1ccccc1NC(=O)[C@H]1C[C@H](Oc2ccc3cnccc3c2)CCN1C(=O)O. The molecule has 0 saturated carbocycles. The molecule has 7 heteroatoms. The topological polar surface area (TPSA) is 91.8 Å². The number of anilines is 1. The van der Waals surface area contributed by atoms with Crippen LogP contribution in [0.4, 0.5) is 10.5 Å². The van der Waals surface area contributed by atoms with Crippen molar-refractivity contribution in [1.29, 1.82) is 0 Å². The first-order valence-electron chi connectivity index (χ1n) is 9.88. The van der Waals surface area contributed by atoms with Crippen molar-refractivity contribution in [2.45, 2.75) is 31.9 Å². The predicted octanol–water partition coefficient (Wildman–Crippen LogP) is 4.07. The first-order chi connectivity index (χ1) is 14.5. The van der Waals surface area contributed by atoms with Crippen molar-refractivity contribution >= 4 is 28.5 Å². The molecule has 1 aliphatic heterocycles. The van der Waals surface area contributed by atoms with Crippen LogP contribution >= 0.6 is 0 Å². The van der Waals surface area contributed by atoms with Crippen LogP contribution in [0, 0.1) is 6.92 Å². The van der Waals surface area contributed by atoms with Crippen LogP contribution in [0.25, 0.3) is 10.8 Å². The molecule has 0 radical (unpaired) electrons. The Kier molecular flexibility index (Phi) is 5.52. The van der Waals surface area contributed by atoms with Crippen molar-refractivity contribution in [3.8, 4) is 5.75 Å². The van der Waals surface area contributed by atoms with E-state index in [-0.39, 0.29) is 18.6 Å². The number of piperidine rings is 1.